The average molecular weight is 875 g/mol. The summed E-state index contributed by atoms with van der Waals surface area (Å²) in [5, 5.41) is 48.6. The van der Waals surface area contributed by atoms with Crippen LogP contribution >= 0.6 is 0 Å². The minimum Gasteiger partial charge on any atom is -0.459 e. The number of esters is 1. The molecule has 0 aromatic heterocycles. The van der Waals surface area contributed by atoms with Crippen molar-refractivity contribution in [1.29, 1.82) is 0 Å². The monoisotopic (exact) mass is 874 g/mol. The summed E-state index contributed by atoms with van der Waals surface area (Å²) in [7, 11) is 3.63. The van der Waals surface area contributed by atoms with Gasteiger partial charge in [-0.2, -0.15) is 13.2 Å². The normalized spacial score (nSPS) is 37.4. The molecule has 4 rings (SSSR count). The molecule has 0 unspecified atom stereocenters. The third-order valence-electron chi connectivity index (χ3n) is 12.7. The number of nitrogens with one attached hydrogen (secondary N) is 1. The Kier molecular flexibility index (Phi) is 17.2. The Hall–Kier alpha value is -2.94. The zero-order chi connectivity index (χ0) is 45.8. The van der Waals surface area contributed by atoms with Crippen molar-refractivity contribution < 1.29 is 66.9 Å². The molecule has 3 aliphatic rings. The van der Waals surface area contributed by atoms with Crippen molar-refractivity contribution in [1.82, 2.24) is 15.1 Å². The maximum Gasteiger partial charge on any atom is 0.416 e. The van der Waals surface area contributed by atoms with Gasteiger partial charge in [-0.1, -0.05) is 26.8 Å². The third kappa shape index (κ3) is 12.4. The van der Waals surface area contributed by atoms with Gasteiger partial charge in [0.1, 0.15) is 23.7 Å². The van der Waals surface area contributed by atoms with E-state index < -0.39 is 101 Å². The first-order valence-electron chi connectivity index (χ1n) is 21.4. The molecule has 18 heteroatoms. The van der Waals surface area contributed by atoms with Crippen LogP contribution in [0.2, 0.25) is 0 Å². The number of alkyl halides is 3. The maximum absolute atomic E-state index is 14.4. The fourth-order valence-corrected chi connectivity index (χ4v) is 8.94. The molecular weight excluding hydrogens is 805 g/mol. The number of hydrogen-bond acceptors (Lipinski definition) is 14. The van der Waals surface area contributed by atoms with Crippen LogP contribution in [0.15, 0.2) is 24.3 Å². The molecule has 0 radical (unpaired) electrons. The molecule has 3 aliphatic heterocycles. The number of anilines is 1. The topological polar surface area (TPSA) is 191 Å². The van der Waals surface area contributed by atoms with E-state index in [-0.39, 0.29) is 38.1 Å². The highest BCUT2D eigenvalue weighted by molar-refractivity contribution is 6.00. The second-order valence-corrected chi connectivity index (χ2v) is 18.1. The minimum atomic E-state index is -4.47. The number of cyclic esters (lactones) is 1. The molecule has 3 fully saturated rings. The number of carbonyl (C=O) groups is 3. The molecule has 15 nitrogen and oxygen atoms in total. The number of aliphatic hydroxyl groups excluding tert-OH is 3. The van der Waals surface area contributed by atoms with Crippen LogP contribution in [0.5, 0.6) is 0 Å². The first kappa shape index (κ1) is 50.7. The van der Waals surface area contributed by atoms with Gasteiger partial charge in [-0.3, -0.25) is 19.3 Å². The van der Waals surface area contributed by atoms with Crippen molar-refractivity contribution in [3.05, 3.63) is 29.8 Å². The molecule has 14 atom stereocenters. The molecule has 61 heavy (non-hydrogen) atoms. The Morgan fingerprint density at radius 3 is 2.25 bits per heavy atom. The fourth-order valence-electron chi connectivity index (χ4n) is 8.94. The van der Waals surface area contributed by atoms with Crippen molar-refractivity contribution in [3.63, 3.8) is 0 Å². The summed E-state index contributed by atoms with van der Waals surface area (Å²) in [4.78, 5) is 47.4. The van der Waals surface area contributed by atoms with Gasteiger partial charge in [0, 0.05) is 56.4 Å². The molecule has 1 aromatic carbocycles. The number of piperazine rings is 1. The lowest BCUT2D eigenvalue weighted by molar-refractivity contribution is -0.298. The van der Waals surface area contributed by atoms with Gasteiger partial charge >= 0.3 is 12.1 Å². The lowest BCUT2D eigenvalue weighted by Crippen LogP contribution is -2.60. The Bertz CT molecular complexity index is 1630. The standard InChI is InChI=1S/C43H69F3N4O11/c1-11-33-42(8,57)36(54)28(6)38(55)47-24(2)21-41(7,58-23-31(51)22-49-15-17-50(18-16-49)30-14-12-13-29(20-30)43(44,45)46)37(26(4)34(52)27(5)39(56)60-33)61-40-35(53)32(48(9)10)19-25(3)59-40/h12-14,20,24-28,31-33,35-37,40,51,53-54,57H,11,15-19,21-23H2,1-10H3,(H,47,55)/t24-,25-,26+,27-,28-,31+,32+,33-,35-,36-,37-,40+,41-,42-/m1/s1. The van der Waals surface area contributed by atoms with Crippen molar-refractivity contribution >= 4 is 23.3 Å². The van der Waals surface area contributed by atoms with Gasteiger partial charge in [0.2, 0.25) is 5.91 Å². The van der Waals surface area contributed by atoms with E-state index in [1.54, 1.807) is 33.8 Å². The molecule has 348 valence electrons. The Morgan fingerprint density at radius 2 is 1.66 bits per heavy atom. The van der Waals surface area contributed by atoms with Gasteiger partial charge < -0.3 is 54.5 Å². The molecule has 3 saturated heterocycles. The predicted molar refractivity (Wildman–Crippen MR) is 219 cm³/mol. The maximum atomic E-state index is 14.4. The summed E-state index contributed by atoms with van der Waals surface area (Å²) in [6.07, 6.45) is -12.1. The number of rotatable bonds is 10. The molecule has 1 aromatic rings. The van der Waals surface area contributed by atoms with Crippen molar-refractivity contribution in [2.45, 2.75) is 147 Å². The van der Waals surface area contributed by atoms with E-state index in [0.29, 0.717) is 38.3 Å². The first-order chi connectivity index (χ1) is 28.3. The summed E-state index contributed by atoms with van der Waals surface area (Å²) < 4.78 is 65.2. The molecule has 0 bridgehead atoms. The summed E-state index contributed by atoms with van der Waals surface area (Å²) in [6.45, 7) is 14.0. The molecule has 0 spiro atoms. The van der Waals surface area contributed by atoms with Crippen molar-refractivity contribution in [2.24, 2.45) is 17.8 Å². The number of amides is 1. The van der Waals surface area contributed by atoms with Crippen LogP contribution in [-0.4, -0.2) is 168 Å². The highest BCUT2D eigenvalue weighted by Gasteiger charge is 2.51. The number of carbonyl (C=O) groups excluding carboxylic acids is 3. The summed E-state index contributed by atoms with van der Waals surface area (Å²) >= 11 is 0. The Labute approximate surface area is 357 Å². The van der Waals surface area contributed by atoms with E-state index in [2.05, 4.69) is 5.32 Å². The molecule has 1 amide bonds. The molecule has 3 heterocycles. The number of β-amino-alcohol motifs (C(OH)–C–C–N with tert-alkyl or cyclic N) is 1. The predicted octanol–water partition coefficient (Wildman–Crippen LogP) is 2.59. The number of aliphatic hydroxyl groups is 4. The number of ketones is 1. The summed E-state index contributed by atoms with van der Waals surface area (Å²) in [5.41, 5.74) is -3.89. The van der Waals surface area contributed by atoms with Crippen LogP contribution < -0.4 is 10.2 Å². The van der Waals surface area contributed by atoms with Gasteiger partial charge in [0.05, 0.1) is 48.1 Å². The average Bonchev–Trinajstić information content (AvgIpc) is 3.20. The van der Waals surface area contributed by atoms with Crippen molar-refractivity contribution in [3.8, 4) is 0 Å². The molecule has 5 N–H and O–H groups in total. The second kappa shape index (κ2) is 20.7. The lowest BCUT2D eigenvalue weighted by atomic mass is 9.79. The number of halogens is 3. The molecule has 0 aliphatic carbocycles. The van der Waals surface area contributed by atoms with E-state index in [1.807, 2.05) is 35.7 Å². The van der Waals surface area contributed by atoms with Crippen LogP contribution in [0.1, 0.15) is 80.2 Å². The molecule has 0 saturated carbocycles. The Balaban J connectivity index is 1.65. The fraction of sp³-hybridized carbons (Fsp3) is 0.791. The minimum absolute atomic E-state index is 0.0332. The van der Waals surface area contributed by atoms with E-state index in [0.717, 1.165) is 12.1 Å². The lowest BCUT2D eigenvalue weighted by Gasteiger charge is -2.47. The SMILES string of the molecule is CC[C@H]1OC(=O)[C@H](C)C(=O)[C@H](C)[C@@H](O[C@@H]2O[C@H](C)C[C@H](N(C)C)[C@H]2O)[C@](C)(OC[C@@H](O)CN2CCN(c3cccc(C(F)(F)F)c3)CC2)C[C@@H](C)NC(=O)[C@H](C)[C@@H](O)[C@]1(C)O. The number of hydrogen-bond donors (Lipinski definition) is 5. The largest absolute Gasteiger partial charge is 0.459 e. The van der Waals surface area contributed by atoms with Crippen LogP contribution in [0, 0.1) is 17.8 Å². The number of Topliss-reactive ketones (excluding diaryl/α,β-unsaturated/α-hetero) is 1. The smallest absolute Gasteiger partial charge is 0.416 e. The zero-order valence-electron chi connectivity index (χ0n) is 37.2. The van der Waals surface area contributed by atoms with Crippen molar-refractivity contribution in [2.75, 3.05) is 58.3 Å². The zero-order valence-corrected chi connectivity index (χ0v) is 37.2. The van der Waals surface area contributed by atoms with Gasteiger partial charge in [-0.15, -0.1) is 0 Å². The number of likely N-dealkylation sites (N-methyl/N-ethyl adjacent to an activating group) is 1. The van der Waals surface area contributed by atoms with Crippen LogP contribution in [0.25, 0.3) is 0 Å². The number of benzene rings is 1. The summed E-state index contributed by atoms with van der Waals surface area (Å²) in [5.74, 6) is -5.90. The number of ether oxygens (including phenoxy) is 4. The quantitative estimate of drug-likeness (QED) is 0.170. The second-order valence-electron chi connectivity index (χ2n) is 18.1. The third-order valence-corrected chi connectivity index (χ3v) is 12.7. The van der Waals surface area contributed by atoms with Gasteiger partial charge in [0.15, 0.2) is 12.1 Å². The van der Waals surface area contributed by atoms with Crippen LogP contribution in [-0.2, 0) is 39.5 Å². The van der Waals surface area contributed by atoms with E-state index >= 15 is 0 Å². The highest BCUT2D eigenvalue weighted by atomic mass is 19.4. The van der Waals surface area contributed by atoms with Crippen LogP contribution in [0.4, 0.5) is 18.9 Å². The molecular formula is C43H69F3N4O11. The van der Waals surface area contributed by atoms with Crippen LogP contribution in [0.3, 0.4) is 0 Å². The summed E-state index contributed by atoms with van der Waals surface area (Å²) in [6, 6.07) is 4.05. The van der Waals surface area contributed by atoms with E-state index in [1.165, 1.54) is 26.8 Å². The number of nitrogens with zero attached hydrogens (tertiary/aromatic N) is 3. The highest BCUT2D eigenvalue weighted by Crippen LogP contribution is 2.37. The van der Waals surface area contributed by atoms with Gasteiger partial charge in [-0.05, 0) is 86.2 Å². The van der Waals surface area contributed by atoms with E-state index in [4.69, 9.17) is 18.9 Å². The Morgan fingerprint density at radius 1 is 1.02 bits per heavy atom. The van der Waals surface area contributed by atoms with Gasteiger partial charge in [0.25, 0.3) is 0 Å². The van der Waals surface area contributed by atoms with E-state index in [9.17, 15) is 48.0 Å². The van der Waals surface area contributed by atoms with Gasteiger partial charge in [-0.25, -0.2) is 0 Å². The first-order valence-corrected chi connectivity index (χ1v) is 21.4.